The van der Waals surface area contributed by atoms with E-state index >= 15 is 0 Å². The fraction of sp³-hybridized carbons (Fsp3) is 0.462. The molecule has 20 heavy (non-hydrogen) atoms. The number of nitrogens with one attached hydrogen (secondary N) is 1. The maximum absolute atomic E-state index is 12.5. The molecular formula is C13H19N3O3S. The molecule has 0 saturated carbocycles. The Morgan fingerprint density at radius 1 is 1.30 bits per heavy atom. The van der Waals surface area contributed by atoms with E-state index in [1.54, 1.807) is 12.1 Å². The average molecular weight is 297 g/mol. The Morgan fingerprint density at radius 3 is 2.50 bits per heavy atom. The lowest BCUT2D eigenvalue weighted by atomic mass is 10.1. The number of carbonyl (C=O) groups excluding carboxylic acids is 1. The van der Waals surface area contributed by atoms with Gasteiger partial charge in [0.05, 0.1) is 11.1 Å². The molecule has 2 rings (SSSR count). The van der Waals surface area contributed by atoms with Crippen molar-refractivity contribution in [2.75, 3.05) is 11.9 Å². The van der Waals surface area contributed by atoms with E-state index in [0.29, 0.717) is 18.7 Å². The van der Waals surface area contributed by atoms with Crippen LogP contribution in [0.1, 0.15) is 26.2 Å². The second kappa shape index (κ2) is 5.90. The van der Waals surface area contributed by atoms with Crippen LogP contribution in [0.5, 0.6) is 0 Å². The minimum Gasteiger partial charge on any atom is -0.326 e. The summed E-state index contributed by atoms with van der Waals surface area (Å²) in [6.07, 6.45) is 2.01. The molecule has 0 radical (unpaired) electrons. The molecule has 6 nitrogen and oxygen atoms in total. The number of sulfonamides is 1. The zero-order chi connectivity index (χ0) is 14.8. The van der Waals surface area contributed by atoms with Gasteiger partial charge in [-0.25, -0.2) is 8.42 Å². The highest BCUT2D eigenvalue weighted by molar-refractivity contribution is 7.89. The SMILES string of the molecule is CC(=O)Nc1ccc(S(=O)(=O)N2CCCCC2N)cc1. The molecule has 1 fully saturated rings. The fourth-order valence-electron chi connectivity index (χ4n) is 2.28. The minimum absolute atomic E-state index is 0.196. The third-order valence-electron chi connectivity index (χ3n) is 3.28. The summed E-state index contributed by atoms with van der Waals surface area (Å²) in [7, 11) is -3.56. The summed E-state index contributed by atoms with van der Waals surface area (Å²) < 4.78 is 26.3. The van der Waals surface area contributed by atoms with Crippen molar-refractivity contribution in [3.05, 3.63) is 24.3 Å². The molecule has 1 aliphatic rings. The molecule has 0 aliphatic carbocycles. The van der Waals surface area contributed by atoms with Crippen LogP contribution in [0.3, 0.4) is 0 Å². The van der Waals surface area contributed by atoms with Gasteiger partial charge in [-0.2, -0.15) is 4.31 Å². The second-order valence-electron chi connectivity index (χ2n) is 4.88. The quantitative estimate of drug-likeness (QED) is 0.874. The van der Waals surface area contributed by atoms with E-state index in [2.05, 4.69) is 5.32 Å². The lowest BCUT2D eigenvalue weighted by molar-refractivity contribution is -0.114. The van der Waals surface area contributed by atoms with E-state index in [-0.39, 0.29) is 10.8 Å². The molecule has 7 heteroatoms. The van der Waals surface area contributed by atoms with Crippen LogP contribution >= 0.6 is 0 Å². The molecule has 1 heterocycles. The smallest absolute Gasteiger partial charge is 0.244 e. The monoisotopic (exact) mass is 297 g/mol. The topological polar surface area (TPSA) is 92.5 Å². The molecule has 1 aromatic carbocycles. The van der Waals surface area contributed by atoms with E-state index in [9.17, 15) is 13.2 Å². The maximum atomic E-state index is 12.5. The van der Waals surface area contributed by atoms with E-state index in [4.69, 9.17) is 5.73 Å². The summed E-state index contributed by atoms with van der Waals surface area (Å²) >= 11 is 0. The van der Waals surface area contributed by atoms with Crippen LogP contribution in [0, 0.1) is 0 Å². The second-order valence-corrected chi connectivity index (χ2v) is 6.78. The van der Waals surface area contributed by atoms with Crippen molar-refractivity contribution in [2.45, 2.75) is 37.2 Å². The largest absolute Gasteiger partial charge is 0.326 e. The molecule has 1 aromatic rings. The summed E-state index contributed by atoms with van der Waals surface area (Å²) in [5, 5.41) is 2.60. The summed E-state index contributed by atoms with van der Waals surface area (Å²) in [6.45, 7) is 1.86. The molecule has 0 aromatic heterocycles. The van der Waals surface area contributed by atoms with Crippen molar-refractivity contribution in [1.82, 2.24) is 4.31 Å². The van der Waals surface area contributed by atoms with Crippen molar-refractivity contribution in [1.29, 1.82) is 0 Å². The van der Waals surface area contributed by atoms with Gasteiger partial charge in [0.15, 0.2) is 0 Å². The molecule has 1 unspecified atom stereocenters. The molecular weight excluding hydrogens is 278 g/mol. The van der Waals surface area contributed by atoms with Gasteiger partial charge in [-0.3, -0.25) is 4.79 Å². The van der Waals surface area contributed by atoms with Crippen LogP contribution in [0.2, 0.25) is 0 Å². The lowest BCUT2D eigenvalue weighted by Gasteiger charge is -2.31. The van der Waals surface area contributed by atoms with Crippen molar-refractivity contribution >= 4 is 21.6 Å². The maximum Gasteiger partial charge on any atom is 0.244 e. The first-order valence-corrected chi connectivity index (χ1v) is 8.00. The van der Waals surface area contributed by atoms with Gasteiger partial charge in [0.1, 0.15) is 0 Å². The lowest BCUT2D eigenvalue weighted by Crippen LogP contribution is -2.48. The Kier molecular flexibility index (Phi) is 4.42. The summed E-state index contributed by atoms with van der Waals surface area (Å²) in [5.74, 6) is -0.196. The Labute approximate surface area is 119 Å². The van der Waals surface area contributed by atoms with Crippen LogP contribution in [-0.4, -0.2) is 31.3 Å². The van der Waals surface area contributed by atoms with Gasteiger partial charge >= 0.3 is 0 Å². The zero-order valence-corrected chi connectivity index (χ0v) is 12.2. The molecule has 110 valence electrons. The standard InChI is InChI=1S/C13H19N3O3S/c1-10(17)15-11-5-7-12(8-6-11)20(18,19)16-9-3-2-4-13(16)14/h5-8,13H,2-4,9,14H2,1H3,(H,15,17). The number of amides is 1. The number of hydrogen-bond acceptors (Lipinski definition) is 4. The minimum atomic E-state index is -3.56. The third kappa shape index (κ3) is 3.17. The van der Waals surface area contributed by atoms with Crippen LogP contribution in [0.15, 0.2) is 29.2 Å². The molecule has 1 aliphatic heterocycles. The fourth-order valence-corrected chi connectivity index (χ4v) is 3.86. The van der Waals surface area contributed by atoms with Gasteiger partial charge in [0.25, 0.3) is 0 Å². The number of nitrogens with two attached hydrogens (primary N) is 1. The van der Waals surface area contributed by atoms with Crippen LogP contribution in [-0.2, 0) is 14.8 Å². The molecule has 1 saturated heterocycles. The van der Waals surface area contributed by atoms with E-state index in [1.807, 2.05) is 0 Å². The van der Waals surface area contributed by atoms with Gasteiger partial charge in [0, 0.05) is 19.2 Å². The Balaban J connectivity index is 2.23. The highest BCUT2D eigenvalue weighted by atomic mass is 32.2. The van der Waals surface area contributed by atoms with Gasteiger partial charge < -0.3 is 11.1 Å². The van der Waals surface area contributed by atoms with Crippen LogP contribution in [0.4, 0.5) is 5.69 Å². The number of rotatable bonds is 3. The highest BCUT2D eigenvalue weighted by Crippen LogP contribution is 2.24. The summed E-state index contributed by atoms with van der Waals surface area (Å²) in [6, 6.07) is 6.12. The predicted molar refractivity (Wildman–Crippen MR) is 76.5 cm³/mol. The molecule has 0 bridgehead atoms. The normalized spacial score (nSPS) is 20.6. The first kappa shape index (κ1) is 15.0. The highest BCUT2D eigenvalue weighted by Gasteiger charge is 2.31. The molecule has 1 amide bonds. The number of carbonyl (C=O) groups is 1. The first-order valence-electron chi connectivity index (χ1n) is 6.56. The van der Waals surface area contributed by atoms with E-state index in [0.717, 1.165) is 12.8 Å². The van der Waals surface area contributed by atoms with Crippen LogP contribution in [0.25, 0.3) is 0 Å². The Hall–Kier alpha value is -1.44. The number of nitrogens with zero attached hydrogens (tertiary/aromatic N) is 1. The van der Waals surface area contributed by atoms with Crippen molar-refractivity contribution < 1.29 is 13.2 Å². The number of piperidine rings is 1. The van der Waals surface area contributed by atoms with Gasteiger partial charge in [-0.1, -0.05) is 0 Å². The number of anilines is 1. The first-order chi connectivity index (χ1) is 9.41. The van der Waals surface area contributed by atoms with Crippen molar-refractivity contribution in [3.63, 3.8) is 0 Å². The average Bonchev–Trinajstić information content (AvgIpc) is 2.39. The summed E-state index contributed by atoms with van der Waals surface area (Å²) in [5.41, 5.74) is 6.46. The third-order valence-corrected chi connectivity index (χ3v) is 5.22. The van der Waals surface area contributed by atoms with E-state index in [1.165, 1.54) is 23.4 Å². The number of benzene rings is 1. The van der Waals surface area contributed by atoms with Crippen molar-refractivity contribution in [3.8, 4) is 0 Å². The van der Waals surface area contributed by atoms with Crippen LogP contribution < -0.4 is 11.1 Å². The number of hydrogen-bond donors (Lipinski definition) is 2. The predicted octanol–water partition coefficient (Wildman–Crippen LogP) is 1.10. The van der Waals surface area contributed by atoms with Gasteiger partial charge in [0.2, 0.25) is 15.9 Å². The van der Waals surface area contributed by atoms with Gasteiger partial charge in [-0.15, -0.1) is 0 Å². The summed E-state index contributed by atoms with van der Waals surface area (Å²) in [4.78, 5) is 11.1. The zero-order valence-electron chi connectivity index (χ0n) is 11.4. The van der Waals surface area contributed by atoms with Crippen molar-refractivity contribution in [2.24, 2.45) is 5.73 Å². The molecule has 1 atom stereocenters. The molecule has 0 spiro atoms. The van der Waals surface area contributed by atoms with E-state index < -0.39 is 16.2 Å². The van der Waals surface area contributed by atoms with Gasteiger partial charge in [-0.05, 0) is 43.5 Å². The Morgan fingerprint density at radius 2 is 1.95 bits per heavy atom. The Bertz CT molecular complexity index is 583. The molecule has 3 N–H and O–H groups in total.